The average Bonchev–Trinajstić information content (AvgIpc) is 2.15. The van der Waals surface area contributed by atoms with Crippen LogP contribution in [0.2, 0.25) is 0 Å². The van der Waals surface area contributed by atoms with Gasteiger partial charge in [-0.3, -0.25) is 0 Å². The minimum absolute atomic E-state index is 0.276. The molecule has 0 aromatic heterocycles. The highest BCUT2D eigenvalue weighted by Gasteiger charge is 1.99. The molecule has 4 nitrogen and oxygen atoms in total. The largest absolute Gasteiger partial charge is 0.463 e. The zero-order valence-electron chi connectivity index (χ0n) is 9.77. The van der Waals surface area contributed by atoms with Crippen LogP contribution in [0.5, 0.6) is 0 Å². The lowest BCUT2D eigenvalue weighted by atomic mass is 10.3. The number of aliphatic hydroxyl groups excluding tert-OH is 1. The molecule has 1 N–H and O–H groups in total. The maximum atomic E-state index is 10.9. The highest BCUT2D eigenvalue weighted by molar-refractivity contribution is 5.81. The monoisotopic (exact) mass is 215 g/mol. The molecular weight excluding hydrogens is 194 g/mol. The van der Waals surface area contributed by atoms with Crippen LogP contribution in [0, 0.1) is 0 Å². The van der Waals surface area contributed by atoms with E-state index in [1.807, 2.05) is 11.9 Å². The van der Waals surface area contributed by atoms with Gasteiger partial charge in [0.1, 0.15) is 0 Å². The van der Waals surface area contributed by atoms with Gasteiger partial charge in [0.25, 0.3) is 0 Å². The Hall–Kier alpha value is -0.870. The molecule has 4 heteroatoms. The summed E-state index contributed by atoms with van der Waals surface area (Å²) < 4.78 is 4.74. The quantitative estimate of drug-likeness (QED) is 0.504. The third kappa shape index (κ3) is 9.43. The van der Waals surface area contributed by atoms with E-state index in [1.54, 1.807) is 19.9 Å². The summed E-state index contributed by atoms with van der Waals surface area (Å²) in [6, 6.07) is 0. The molecule has 15 heavy (non-hydrogen) atoms. The third-order valence-electron chi connectivity index (χ3n) is 1.89. The summed E-state index contributed by atoms with van der Waals surface area (Å²) in [5.41, 5.74) is 0. The fourth-order valence-electron chi connectivity index (χ4n) is 1.02. The van der Waals surface area contributed by atoms with Crippen LogP contribution in [0.25, 0.3) is 0 Å². The molecule has 0 aromatic carbocycles. The molecule has 88 valence electrons. The number of esters is 1. The minimum atomic E-state index is -0.304. The van der Waals surface area contributed by atoms with Gasteiger partial charge in [0.05, 0.1) is 12.7 Å². The number of nitrogens with zero attached hydrogens (tertiary/aromatic N) is 1. The van der Waals surface area contributed by atoms with Crippen LogP contribution in [0.1, 0.15) is 20.3 Å². The van der Waals surface area contributed by atoms with Crippen LogP contribution in [0.15, 0.2) is 12.2 Å². The van der Waals surface area contributed by atoms with Crippen LogP contribution in [0.4, 0.5) is 0 Å². The molecule has 0 radical (unpaired) electrons. The summed E-state index contributed by atoms with van der Waals surface area (Å²) in [4.78, 5) is 13.0. The summed E-state index contributed by atoms with van der Waals surface area (Å²) in [6.07, 6.45) is 3.66. The summed E-state index contributed by atoms with van der Waals surface area (Å²) in [7, 11) is 1.94. The van der Waals surface area contributed by atoms with Gasteiger partial charge >= 0.3 is 5.97 Å². The zero-order valence-corrected chi connectivity index (χ0v) is 9.77. The SMILES string of the molecule is CCOC(=O)/C=C/CN(C)CCC(C)O. The first-order chi connectivity index (χ1) is 7.06. The Morgan fingerprint density at radius 1 is 1.60 bits per heavy atom. The maximum absolute atomic E-state index is 10.9. The van der Waals surface area contributed by atoms with Crippen molar-refractivity contribution in [2.24, 2.45) is 0 Å². The van der Waals surface area contributed by atoms with Crippen LogP contribution in [0.3, 0.4) is 0 Å². The van der Waals surface area contributed by atoms with E-state index in [1.165, 1.54) is 6.08 Å². The number of ether oxygens (including phenoxy) is 1. The second-order valence-corrected chi connectivity index (χ2v) is 3.55. The molecule has 0 heterocycles. The van der Waals surface area contributed by atoms with E-state index in [2.05, 4.69) is 0 Å². The molecule has 0 aliphatic carbocycles. The minimum Gasteiger partial charge on any atom is -0.463 e. The molecule has 0 saturated carbocycles. The number of aliphatic hydroxyl groups is 1. The van der Waals surface area contributed by atoms with Crippen molar-refractivity contribution in [3.05, 3.63) is 12.2 Å². The number of carbonyl (C=O) groups is 1. The van der Waals surface area contributed by atoms with Crippen molar-refractivity contribution < 1.29 is 14.6 Å². The number of hydrogen-bond donors (Lipinski definition) is 1. The van der Waals surface area contributed by atoms with E-state index >= 15 is 0 Å². The van der Waals surface area contributed by atoms with Gasteiger partial charge in [-0.25, -0.2) is 4.79 Å². The van der Waals surface area contributed by atoms with Crippen LogP contribution in [-0.2, 0) is 9.53 Å². The van der Waals surface area contributed by atoms with Crippen LogP contribution >= 0.6 is 0 Å². The number of rotatable bonds is 7. The van der Waals surface area contributed by atoms with E-state index in [-0.39, 0.29) is 12.1 Å². The van der Waals surface area contributed by atoms with Crippen molar-refractivity contribution in [3.63, 3.8) is 0 Å². The second-order valence-electron chi connectivity index (χ2n) is 3.55. The van der Waals surface area contributed by atoms with Crippen LogP contribution in [-0.4, -0.2) is 48.8 Å². The zero-order chi connectivity index (χ0) is 11.7. The normalized spacial score (nSPS) is 13.4. The van der Waals surface area contributed by atoms with Gasteiger partial charge in [0.15, 0.2) is 0 Å². The Kier molecular flexibility index (Phi) is 7.95. The molecule has 0 aromatic rings. The van der Waals surface area contributed by atoms with Gasteiger partial charge in [-0.05, 0) is 27.3 Å². The van der Waals surface area contributed by atoms with Gasteiger partial charge in [-0.2, -0.15) is 0 Å². The molecule has 0 amide bonds. The number of likely N-dealkylation sites (N-methyl/N-ethyl adjacent to an activating group) is 1. The topological polar surface area (TPSA) is 49.8 Å². The van der Waals surface area contributed by atoms with Crippen LogP contribution < -0.4 is 0 Å². The number of carbonyl (C=O) groups excluding carboxylic acids is 1. The second kappa shape index (κ2) is 8.44. The van der Waals surface area contributed by atoms with Gasteiger partial charge in [-0.1, -0.05) is 6.08 Å². The first-order valence-corrected chi connectivity index (χ1v) is 5.26. The molecule has 0 bridgehead atoms. The van der Waals surface area contributed by atoms with Crippen molar-refractivity contribution in [1.82, 2.24) is 4.90 Å². The molecule has 1 unspecified atom stereocenters. The Labute approximate surface area is 91.5 Å². The predicted octanol–water partition coefficient (Wildman–Crippen LogP) is 0.808. The van der Waals surface area contributed by atoms with E-state index < -0.39 is 0 Å². The van der Waals surface area contributed by atoms with Crippen molar-refractivity contribution in [2.45, 2.75) is 26.4 Å². The molecule has 0 saturated heterocycles. The molecule has 0 fully saturated rings. The summed E-state index contributed by atoms with van der Waals surface area (Å²) in [5.74, 6) is -0.304. The fraction of sp³-hybridized carbons (Fsp3) is 0.727. The van der Waals surface area contributed by atoms with E-state index in [4.69, 9.17) is 9.84 Å². The third-order valence-corrected chi connectivity index (χ3v) is 1.89. The smallest absolute Gasteiger partial charge is 0.330 e. The van der Waals surface area contributed by atoms with Gasteiger partial charge in [0.2, 0.25) is 0 Å². The summed E-state index contributed by atoms with van der Waals surface area (Å²) in [6.45, 7) is 5.44. The molecular formula is C11H21NO3. The first kappa shape index (κ1) is 14.1. The van der Waals surface area contributed by atoms with Gasteiger partial charge in [0, 0.05) is 19.2 Å². The first-order valence-electron chi connectivity index (χ1n) is 5.26. The lowest BCUT2D eigenvalue weighted by Gasteiger charge is -2.14. The lowest BCUT2D eigenvalue weighted by Crippen LogP contribution is -2.22. The van der Waals surface area contributed by atoms with Crippen molar-refractivity contribution in [2.75, 3.05) is 26.7 Å². The van der Waals surface area contributed by atoms with Gasteiger partial charge in [-0.15, -0.1) is 0 Å². The van der Waals surface area contributed by atoms with E-state index in [0.717, 1.165) is 13.0 Å². The molecule has 0 rings (SSSR count). The molecule has 1 atom stereocenters. The number of hydrogen-bond acceptors (Lipinski definition) is 4. The lowest BCUT2D eigenvalue weighted by molar-refractivity contribution is -0.137. The summed E-state index contributed by atoms with van der Waals surface area (Å²) in [5, 5.41) is 9.07. The molecule has 0 spiro atoms. The Morgan fingerprint density at radius 2 is 2.27 bits per heavy atom. The van der Waals surface area contributed by atoms with E-state index in [9.17, 15) is 4.79 Å². The summed E-state index contributed by atoms with van der Waals surface area (Å²) >= 11 is 0. The highest BCUT2D eigenvalue weighted by atomic mass is 16.5. The molecule has 0 aliphatic heterocycles. The average molecular weight is 215 g/mol. The molecule has 0 aliphatic rings. The highest BCUT2D eigenvalue weighted by Crippen LogP contribution is 1.93. The van der Waals surface area contributed by atoms with Gasteiger partial charge < -0.3 is 14.7 Å². The van der Waals surface area contributed by atoms with Crippen molar-refractivity contribution in [3.8, 4) is 0 Å². The maximum Gasteiger partial charge on any atom is 0.330 e. The Bertz CT molecular complexity index is 202. The predicted molar refractivity (Wildman–Crippen MR) is 59.6 cm³/mol. The Balaban J connectivity index is 3.60. The van der Waals surface area contributed by atoms with Crippen molar-refractivity contribution in [1.29, 1.82) is 0 Å². The fourth-order valence-corrected chi connectivity index (χ4v) is 1.02. The van der Waals surface area contributed by atoms with Crippen molar-refractivity contribution >= 4 is 5.97 Å². The van der Waals surface area contributed by atoms with E-state index in [0.29, 0.717) is 13.2 Å². The standard InChI is InChI=1S/C11H21NO3/c1-4-15-11(14)6-5-8-12(3)9-7-10(2)13/h5-6,10,13H,4,7-9H2,1-3H3/b6-5+. The Morgan fingerprint density at radius 3 is 2.80 bits per heavy atom.